The fourth-order valence-electron chi connectivity index (χ4n) is 3.76. The smallest absolute Gasteiger partial charge is 0.243 e. The van der Waals surface area contributed by atoms with Crippen molar-refractivity contribution in [2.45, 2.75) is 71.6 Å². The van der Waals surface area contributed by atoms with Gasteiger partial charge in [0.05, 0.1) is 6.10 Å². The first-order valence-corrected chi connectivity index (χ1v) is 7.95. The van der Waals surface area contributed by atoms with Gasteiger partial charge in [-0.3, -0.25) is 4.79 Å². The van der Waals surface area contributed by atoms with Gasteiger partial charge in [0, 0.05) is 31.0 Å². The van der Waals surface area contributed by atoms with Crippen LogP contribution in [0.2, 0.25) is 0 Å². The van der Waals surface area contributed by atoms with E-state index in [9.17, 15) is 4.79 Å². The van der Waals surface area contributed by atoms with Gasteiger partial charge < -0.3 is 15.4 Å². The number of nitrogens with zero attached hydrogens (tertiary/aromatic N) is 1. The molecular weight excluding hydrogens is 252 g/mol. The number of likely N-dealkylation sites (tertiary alicyclic amines) is 1. The number of piperidine rings is 1. The zero-order valence-corrected chi connectivity index (χ0v) is 13.6. The summed E-state index contributed by atoms with van der Waals surface area (Å²) < 4.78 is 5.72. The van der Waals surface area contributed by atoms with Crippen LogP contribution in [0.5, 0.6) is 0 Å². The molecule has 1 aliphatic carbocycles. The Hall–Kier alpha value is -0.610. The minimum atomic E-state index is -0.762. The summed E-state index contributed by atoms with van der Waals surface area (Å²) in [7, 11) is 0. The van der Waals surface area contributed by atoms with Gasteiger partial charge in [0.25, 0.3) is 0 Å². The van der Waals surface area contributed by atoms with Crippen molar-refractivity contribution in [2.75, 3.05) is 13.2 Å². The Balaban J connectivity index is 2.09. The topological polar surface area (TPSA) is 55.6 Å². The van der Waals surface area contributed by atoms with Gasteiger partial charge in [-0.05, 0) is 32.6 Å². The molecule has 4 nitrogen and oxygen atoms in total. The Kier molecular flexibility index (Phi) is 4.18. The summed E-state index contributed by atoms with van der Waals surface area (Å²) in [5, 5.41) is 0. The predicted octanol–water partition coefficient (Wildman–Crippen LogP) is 2.17. The van der Waals surface area contributed by atoms with Crippen LogP contribution in [0.15, 0.2) is 0 Å². The maximum Gasteiger partial charge on any atom is 0.243 e. The molecule has 1 saturated carbocycles. The maximum atomic E-state index is 12.9. The van der Waals surface area contributed by atoms with Gasteiger partial charge in [0.2, 0.25) is 5.91 Å². The third kappa shape index (κ3) is 2.27. The molecule has 2 fully saturated rings. The van der Waals surface area contributed by atoms with Gasteiger partial charge in [0.15, 0.2) is 0 Å². The van der Waals surface area contributed by atoms with Crippen LogP contribution in [-0.4, -0.2) is 41.6 Å². The number of hydrogen-bond acceptors (Lipinski definition) is 3. The highest BCUT2D eigenvalue weighted by molar-refractivity contribution is 5.89. The Morgan fingerprint density at radius 2 is 2.05 bits per heavy atom. The normalized spacial score (nSPS) is 40.3. The minimum absolute atomic E-state index is 0.0977. The minimum Gasteiger partial charge on any atom is -0.378 e. The number of rotatable bonds is 3. The van der Waals surface area contributed by atoms with E-state index in [1.165, 1.54) is 0 Å². The first-order valence-electron chi connectivity index (χ1n) is 7.95. The molecule has 4 heteroatoms. The molecule has 1 aliphatic heterocycles. The predicted molar refractivity (Wildman–Crippen MR) is 80.3 cm³/mol. The maximum absolute atomic E-state index is 12.9. The lowest BCUT2D eigenvalue weighted by Crippen LogP contribution is -2.76. The SMILES string of the molecule is CCOC1CC(N)(C(=O)N2CCC(C)CC2C)C1(C)C. The molecular formula is C16H30N2O2. The molecule has 1 heterocycles. The van der Waals surface area contributed by atoms with Gasteiger partial charge in [-0.25, -0.2) is 0 Å². The third-order valence-electron chi connectivity index (χ3n) is 5.61. The molecule has 0 aromatic rings. The Morgan fingerprint density at radius 3 is 2.55 bits per heavy atom. The molecule has 0 spiro atoms. The number of ether oxygens (including phenoxy) is 1. The number of nitrogens with two attached hydrogens (primary N) is 1. The second-order valence-corrected chi connectivity index (χ2v) is 7.32. The van der Waals surface area contributed by atoms with Gasteiger partial charge in [-0.1, -0.05) is 20.8 Å². The molecule has 1 amide bonds. The average molecular weight is 282 g/mol. The molecule has 4 atom stereocenters. The van der Waals surface area contributed by atoms with Crippen molar-refractivity contribution < 1.29 is 9.53 Å². The van der Waals surface area contributed by atoms with Crippen LogP contribution in [0, 0.1) is 11.3 Å². The Bertz CT molecular complexity index is 383. The summed E-state index contributed by atoms with van der Waals surface area (Å²) >= 11 is 0. The average Bonchev–Trinajstić information content (AvgIpc) is 2.37. The lowest BCUT2D eigenvalue weighted by molar-refractivity contribution is -0.182. The van der Waals surface area contributed by atoms with E-state index < -0.39 is 5.54 Å². The summed E-state index contributed by atoms with van der Waals surface area (Å²) in [5.41, 5.74) is 5.45. The molecule has 116 valence electrons. The van der Waals surface area contributed by atoms with Crippen molar-refractivity contribution in [3.05, 3.63) is 0 Å². The van der Waals surface area contributed by atoms with E-state index in [1.807, 2.05) is 11.8 Å². The molecule has 2 rings (SSSR count). The standard InChI is InChI=1S/C16H30N2O2/c1-6-20-13-10-16(17,15(13,4)5)14(19)18-8-7-11(2)9-12(18)3/h11-13H,6-10,17H2,1-5H3. The Morgan fingerprint density at radius 1 is 1.40 bits per heavy atom. The first kappa shape index (κ1) is 15.8. The second kappa shape index (κ2) is 5.30. The molecule has 2 aliphatic rings. The molecule has 0 aromatic carbocycles. The summed E-state index contributed by atoms with van der Waals surface area (Å²) in [6.07, 6.45) is 2.91. The van der Waals surface area contributed by atoms with Gasteiger partial charge in [0.1, 0.15) is 5.54 Å². The summed E-state index contributed by atoms with van der Waals surface area (Å²) in [6.45, 7) is 12.0. The van der Waals surface area contributed by atoms with E-state index in [-0.39, 0.29) is 17.4 Å². The van der Waals surface area contributed by atoms with Crippen LogP contribution in [0.25, 0.3) is 0 Å². The third-order valence-corrected chi connectivity index (χ3v) is 5.61. The molecule has 1 saturated heterocycles. The highest BCUT2D eigenvalue weighted by Gasteiger charge is 2.64. The largest absolute Gasteiger partial charge is 0.378 e. The zero-order chi connectivity index (χ0) is 15.1. The van der Waals surface area contributed by atoms with E-state index in [4.69, 9.17) is 10.5 Å². The zero-order valence-electron chi connectivity index (χ0n) is 13.6. The molecule has 0 aromatic heterocycles. The van der Waals surface area contributed by atoms with Crippen molar-refractivity contribution in [2.24, 2.45) is 17.1 Å². The van der Waals surface area contributed by atoms with Crippen LogP contribution in [0.1, 0.15) is 53.9 Å². The van der Waals surface area contributed by atoms with Gasteiger partial charge in [-0.15, -0.1) is 0 Å². The fourth-order valence-corrected chi connectivity index (χ4v) is 3.76. The lowest BCUT2D eigenvalue weighted by Gasteiger charge is -2.59. The summed E-state index contributed by atoms with van der Waals surface area (Å²) in [6, 6.07) is 0.300. The number of amides is 1. The van der Waals surface area contributed by atoms with Gasteiger partial charge in [-0.2, -0.15) is 0 Å². The second-order valence-electron chi connectivity index (χ2n) is 7.32. The van der Waals surface area contributed by atoms with E-state index in [1.54, 1.807) is 0 Å². The van der Waals surface area contributed by atoms with Crippen molar-refractivity contribution in [1.29, 1.82) is 0 Å². The highest BCUT2D eigenvalue weighted by atomic mass is 16.5. The monoisotopic (exact) mass is 282 g/mol. The lowest BCUT2D eigenvalue weighted by atomic mass is 9.54. The van der Waals surface area contributed by atoms with E-state index in [0.29, 0.717) is 25.0 Å². The first-order chi connectivity index (χ1) is 9.24. The van der Waals surface area contributed by atoms with Crippen LogP contribution in [0.4, 0.5) is 0 Å². The quantitative estimate of drug-likeness (QED) is 0.863. The van der Waals surface area contributed by atoms with E-state index >= 15 is 0 Å². The van der Waals surface area contributed by atoms with Gasteiger partial charge >= 0.3 is 0 Å². The highest BCUT2D eigenvalue weighted by Crippen LogP contribution is 2.51. The van der Waals surface area contributed by atoms with Crippen LogP contribution < -0.4 is 5.73 Å². The summed E-state index contributed by atoms with van der Waals surface area (Å²) in [5.74, 6) is 0.825. The molecule has 4 unspecified atom stereocenters. The van der Waals surface area contributed by atoms with Crippen LogP contribution in [0.3, 0.4) is 0 Å². The van der Waals surface area contributed by atoms with Crippen molar-refractivity contribution in [3.8, 4) is 0 Å². The van der Waals surface area contributed by atoms with Crippen LogP contribution in [-0.2, 0) is 9.53 Å². The summed E-state index contributed by atoms with van der Waals surface area (Å²) in [4.78, 5) is 14.9. The van der Waals surface area contributed by atoms with Crippen molar-refractivity contribution in [1.82, 2.24) is 4.90 Å². The van der Waals surface area contributed by atoms with Crippen LogP contribution >= 0.6 is 0 Å². The molecule has 2 N–H and O–H groups in total. The number of carbonyl (C=O) groups excluding carboxylic acids is 1. The van der Waals surface area contributed by atoms with Crippen molar-refractivity contribution in [3.63, 3.8) is 0 Å². The molecule has 20 heavy (non-hydrogen) atoms. The van der Waals surface area contributed by atoms with E-state index in [2.05, 4.69) is 27.7 Å². The number of carbonyl (C=O) groups is 1. The van der Waals surface area contributed by atoms with E-state index in [0.717, 1.165) is 19.4 Å². The number of hydrogen-bond donors (Lipinski definition) is 1. The molecule has 0 radical (unpaired) electrons. The Labute approximate surface area is 123 Å². The van der Waals surface area contributed by atoms with Crippen molar-refractivity contribution >= 4 is 5.91 Å². The molecule has 0 bridgehead atoms. The fraction of sp³-hybridized carbons (Fsp3) is 0.938.